The largest absolute Gasteiger partial charge is 0.394 e. The maximum atomic E-state index is 13.3. The molecule has 0 spiro atoms. The molecule has 18 heteroatoms. The zero-order valence-electron chi connectivity index (χ0n) is 13.0. The first-order valence-corrected chi connectivity index (χ1v) is 6.62. The lowest BCUT2D eigenvalue weighted by Gasteiger charge is -2.42. The molecule has 0 amide bonds. The molecule has 0 aromatic rings. The highest BCUT2D eigenvalue weighted by molar-refractivity contribution is 5.14. The van der Waals surface area contributed by atoms with Crippen molar-refractivity contribution in [2.24, 2.45) is 0 Å². The molecule has 0 radical (unpaired) electrons. The molecule has 0 fully saturated rings. The molecule has 2 nitrogen and oxygen atoms in total. The number of hydrogen-bond donors (Lipinski definition) is 2. The van der Waals surface area contributed by atoms with Crippen LogP contribution in [-0.4, -0.2) is 70.8 Å². The summed E-state index contributed by atoms with van der Waals surface area (Å²) < 4.78 is 207. The van der Waals surface area contributed by atoms with Gasteiger partial charge < -0.3 is 10.2 Å². The van der Waals surface area contributed by atoms with E-state index < -0.39 is 67.0 Å². The van der Waals surface area contributed by atoms with Gasteiger partial charge in [0.15, 0.2) is 0 Å². The van der Waals surface area contributed by atoms with Crippen LogP contribution in [0.1, 0.15) is 6.42 Å². The fraction of sp³-hybridized carbons (Fsp3) is 1.00. The van der Waals surface area contributed by atoms with E-state index in [1.54, 1.807) is 0 Å². The Bertz CT molecular complexity index is 571. The third-order valence-electron chi connectivity index (χ3n) is 3.43. The van der Waals surface area contributed by atoms with Gasteiger partial charge in [-0.25, -0.2) is 8.78 Å². The fourth-order valence-corrected chi connectivity index (χ4v) is 1.66. The minimum Gasteiger partial charge on any atom is -0.394 e. The summed E-state index contributed by atoms with van der Waals surface area (Å²) in [6, 6.07) is 0. The molecule has 176 valence electrons. The van der Waals surface area contributed by atoms with Crippen LogP contribution in [0.25, 0.3) is 0 Å². The van der Waals surface area contributed by atoms with E-state index in [1.807, 2.05) is 0 Å². The zero-order chi connectivity index (χ0) is 24.1. The number of aliphatic hydroxyl groups is 2. The molecule has 0 heterocycles. The van der Waals surface area contributed by atoms with Crippen LogP contribution in [0.5, 0.6) is 0 Å². The second kappa shape index (κ2) is 7.49. The monoisotopic (exact) mass is 476 g/mol. The molecule has 0 aliphatic carbocycles. The van der Waals surface area contributed by atoms with Crippen molar-refractivity contribution >= 4 is 0 Å². The summed E-state index contributed by atoms with van der Waals surface area (Å²) in [5.74, 6) is -55.1. The Morgan fingerprint density at radius 1 is 0.552 bits per heavy atom. The highest BCUT2D eigenvalue weighted by atomic mass is 19.4. The predicted octanol–water partition coefficient (Wildman–Crippen LogP) is 4.44. The molecule has 2 N–H and O–H groups in total. The van der Waals surface area contributed by atoms with Gasteiger partial charge in [0, 0.05) is 6.42 Å². The molecule has 0 aromatic heterocycles. The van der Waals surface area contributed by atoms with Crippen LogP contribution in [-0.2, 0) is 0 Å². The Balaban J connectivity index is 6.52. The molecule has 0 aromatic carbocycles. The van der Waals surface area contributed by atoms with Gasteiger partial charge in [-0.15, -0.1) is 0 Å². The summed E-state index contributed by atoms with van der Waals surface area (Å²) in [7, 11) is 0. The molecule has 1 atom stereocenters. The van der Waals surface area contributed by atoms with Crippen LogP contribution in [0.3, 0.4) is 0 Å². The van der Waals surface area contributed by atoms with Gasteiger partial charge in [0.2, 0.25) is 0 Å². The lowest BCUT2D eigenvalue weighted by molar-refractivity contribution is -0.447. The van der Waals surface area contributed by atoms with E-state index in [0.29, 0.717) is 0 Å². The molecule has 0 rings (SSSR count). The van der Waals surface area contributed by atoms with Crippen molar-refractivity contribution in [3.63, 3.8) is 0 Å². The highest BCUT2D eigenvalue weighted by Gasteiger charge is 2.93. The van der Waals surface area contributed by atoms with E-state index in [0.717, 1.165) is 0 Å². The van der Waals surface area contributed by atoms with Crippen molar-refractivity contribution in [1.29, 1.82) is 0 Å². The SMILES string of the molecule is OCC(O)CC(F)(F)C(F)(F)C(F)(F)C(F)(F)C(F)(F)C(F)(F)C(F)(F)C(F)F. The van der Waals surface area contributed by atoms with Gasteiger partial charge in [0.05, 0.1) is 12.7 Å². The molecule has 0 aliphatic rings. The van der Waals surface area contributed by atoms with Crippen molar-refractivity contribution in [3.05, 3.63) is 0 Å². The second-order valence-electron chi connectivity index (χ2n) is 5.54. The first-order chi connectivity index (χ1) is 12.4. The molecular weight excluding hydrogens is 468 g/mol. The predicted molar refractivity (Wildman–Crippen MR) is 58.3 cm³/mol. The Labute approximate surface area is 149 Å². The lowest BCUT2D eigenvalue weighted by Crippen LogP contribution is -2.73. The van der Waals surface area contributed by atoms with Gasteiger partial charge in [-0.1, -0.05) is 0 Å². The van der Waals surface area contributed by atoms with E-state index in [9.17, 15) is 70.2 Å². The normalized spacial score (nSPS) is 17.1. The highest BCUT2D eigenvalue weighted by Crippen LogP contribution is 2.63. The molecule has 0 aliphatic heterocycles. The van der Waals surface area contributed by atoms with Crippen LogP contribution in [0, 0.1) is 0 Å². The molecule has 29 heavy (non-hydrogen) atoms. The van der Waals surface area contributed by atoms with E-state index in [2.05, 4.69) is 0 Å². The van der Waals surface area contributed by atoms with E-state index in [4.69, 9.17) is 10.2 Å². The molecule has 0 saturated carbocycles. The van der Waals surface area contributed by atoms with Gasteiger partial charge in [-0.05, 0) is 0 Å². The number of aliphatic hydroxyl groups excluding tert-OH is 2. The maximum Gasteiger partial charge on any atom is 0.384 e. The summed E-state index contributed by atoms with van der Waals surface area (Å²) in [5, 5.41) is 16.7. The van der Waals surface area contributed by atoms with Crippen LogP contribution in [0.4, 0.5) is 70.2 Å². The molecule has 1 unspecified atom stereocenters. The van der Waals surface area contributed by atoms with Gasteiger partial charge >= 0.3 is 47.9 Å². The number of alkyl halides is 16. The fourth-order valence-electron chi connectivity index (χ4n) is 1.66. The molecule has 0 saturated heterocycles. The summed E-state index contributed by atoms with van der Waals surface area (Å²) in [6.45, 7) is -1.87. The average molecular weight is 476 g/mol. The maximum absolute atomic E-state index is 13.3. The summed E-state index contributed by atoms with van der Waals surface area (Å²) in [5.41, 5.74) is 0. The summed E-state index contributed by atoms with van der Waals surface area (Å²) in [4.78, 5) is 0. The van der Waals surface area contributed by atoms with Crippen LogP contribution in [0.15, 0.2) is 0 Å². The Hall–Kier alpha value is -1.20. The first-order valence-electron chi connectivity index (χ1n) is 6.62. The first kappa shape index (κ1) is 27.8. The van der Waals surface area contributed by atoms with Crippen molar-refractivity contribution in [2.75, 3.05) is 6.61 Å². The number of halogens is 16. The van der Waals surface area contributed by atoms with Gasteiger partial charge in [0.1, 0.15) is 0 Å². The lowest BCUT2D eigenvalue weighted by atomic mass is 9.88. The summed E-state index contributed by atoms with van der Waals surface area (Å²) in [6.07, 6.45) is -11.9. The van der Waals surface area contributed by atoms with Crippen molar-refractivity contribution in [2.45, 2.75) is 60.4 Å². The van der Waals surface area contributed by atoms with E-state index >= 15 is 0 Å². The quantitative estimate of drug-likeness (QED) is 0.458. The molecular formula is C11H8F16O2. The van der Waals surface area contributed by atoms with Crippen LogP contribution < -0.4 is 0 Å². The average Bonchev–Trinajstić information content (AvgIpc) is 2.52. The van der Waals surface area contributed by atoms with E-state index in [1.165, 1.54) is 0 Å². The van der Waals surface area contributed by atoms with Crippen LogP contribution in [0.2, 0.25) is 0 Å². The topological polar surface area (TPSA) is 40.5 Å². The standard InChI is InChI=1S/C11H8F16O2/c12-4(13)6(16,17)8(20,21)10(24,25)11(26,27)9(22,23)7(18,19)5(14,15)1-3(29)2-28/h3-4,28-29H,1-2H2. The van der Waals surface area contributed by atoms with Crippen molar-refractivity contribution < 1.29 is 80.5 Å². The zero-order valence-corrected chi connectivity index (χ0v) is 13.0. The Morgan fingerprint density at radius 2 is 0.862 bits per heavy atom. The second-order valence-corrected chi connectivity index (χ2v) is 5.54. The minimum absolute atomic E-state index is 1.87. The number of hydrogen-bond acceptors (Lipinski definition) is 2. The van der Waals surface area contributed by atoms with Gasteiger partial charge in [-0.3, -0.25) is 0 Å². The summed E-state index contributed by atoms with van der Waals surface area (Å²) >= 11 is 0. The van der Waals surface area contributed by atoms with Gasteiger partial charge in [0.25, 0.3) is 0 Å². The Morgan fingerprint density at radius 3 is 1.17 bits per heavy atom. The van der Waals surface area contributed by atoms with E-state index in [-0.39, 0.29) is 0 Å². The third kappa shape index (κ3) is 3.81. The smallest absolute Gasteiger partial charge is 0.384 e. The van der Waals surface area contributed by atoms with Gasteiger partial charge in [-0.2, -0.15) is 61.5 Å². The van der Waals surface area contributed by atoms with Crippen molar-refractivity contribution in [1.82, 2.24) is 0 Å². The minimum atomic E-state index is -8.46. The van der Waals surface area contributed by atoms with Crippen molar-refractivity contribution in [3.8, 4) is 0 Å². The Kier molecular flexibility index (Phi) is 7.18. The number of rotatable bonds is 10. The molecule has 0 bridgehead atoms. The third-order valence-corrected chi connectivity index (χ3v) is 3.43. The van der Waals surface area contributed by atoms with Crippen LogP contribution >= 0.6 is 0 Å².